The highest BCUT2D eigenvalue weighted by atomic mass is 79.9. The Bertz CT molecular complexity index is 428. The number of hydrogen-bond donors (Lipinski definition) is 2. The van der Waals surface area contributed by atoms with E-state index in [1.54, 1.807) is 6.07 Å². The second-order valence-electron chi connectivity index (χ2n) is 4.53. The third kappa shape index (κ3) is 3.56. The summed E-state index contributed by atoms with van der Waals surface area (Å²) in [6, 6.07) is 5.52. The molecule has 0 saturated carbocycles. The highest BCUT2D eigenvalue weighted by Crippen LogP contribution is 2.19. The smallest absolute Gasteiger partial charge is 0.251 e. The van der Waals surface area contributed by atoms with Crippen LogP contribution in [0.3, 0.4) is 0 Å². The maximum Gasteiger partial charge on any atom is 0.251 e. The monoisotopic (exact) mass is 313 g/mol. The highest BCUT2D eigenvalue weighted by molar-refractivity contribution is 9.10. The third-order valence-electron chi connectivity index (χ3n) is 3.41. The first-order chi connectivity index (χ1) is 8.43. The van der Waals surface area contributed by atoms with Crippen LogP contribution in [0.4, 0.5) is 0 Å². The Hall–Kier alpha value is -0.870. The Kier molecular flexibility index (Phi) is 5.35. The number of aliphatic hydroxyl groups is 1. The van der Waals surface area contributed by atoms with Gasteiger partial charge in [0.15, 0.2) is 0 Å². The Labute approximate surface area is 117 Å². The van der Waals surface area contributed by atoms with Crippen LogP contribution in [0, 0.1) is 6.92 Å². The molecule has 0 atom stereocenters. The molecule has 0 unspecified atom stereocenters. The largest absolute Gasteiger partial charge is 0.388 e. The molecule has 4 heteroatoms. The lowest BCUT2D eigenvalue weighted by atomic mass is 9.97. The molecule has 0 aliphatic carbocycles. The van der Waals surface area contributed by atoms with Gasteiger partial charge in [0, 0.05) is 16.6 Å². The van der Waals surface area contributed by atoms with E-state index in [-0.39, 0.29) is 12.5 Å². The van der Waals surface area contributed by atoms with Gasteiger partial charge in [-0.2, -0.15) is 0 Å². The number of amides is 1. The van der Waals surface area contributed by atoms with E-state index < -0.39 is 5.60 Å². The Balaban J connectivity index is 2.75. The second-order valence-corrected chi connectivity index (χ2v) is 5.38. The van der Waals surface area contributed by atoms with E-state index in [1.807, 2.05) is 32.9 Å². The number of carbonyl (C=O) groups excluding carboxylic acids is 1. The maximum atomic E-state index is 12.1. The van der Waals surface area contributed by atoms with Crippen LogP contribution in [0.25, 0.3) is 0 Å². The summed E-state index contributed by atoms with van der Waals surface area (Å²) in [5.41, 5.74) is 0.737. The average molecular weight is 314 g/mol. The molecule has 0 radical (unpaired) electrons. The van der Waals surface area contributed by atoms with Crippen molar-refractivity contribution >= 4 is 21.8 Å². The summed E-state index contributed by atoms with van der Waals surface area (Å²) in [5.74, 6) is -0.144. The molecule has 0 heterocycles. The zero-order valence-corrected chi connectivity index (χ0v) is 12.7. The van der Waals surface area contributed by atoms with E-state index in [2.05, 4.69) is 21.2 Å². The van der Waals surface area contributed by atoms with Crippen LogP contribution in [0.15, 0.2) is 22.7 Å². The molecule has 2 N–H and O–H groups in total. The van der Waals surface area contributed by atoms with E-state index in [9.17, 15) is 9.90 Å². The van der Waals surface area contributed by atoms with Gasteiger partial charge in [-0.25, -0.2) is 0 Å². The van der Waals surface area contributed by atoms with Crippen LogP contribution in [-0.2, 0) is 0 Å². The standard InChI is InChI=1S/C14H20BrNO2/c1-4-14(18,5-2)9-16-13(17)11-7-6-8-12(15)10(11)3/h6-8,18H,4-5,9H2,1-3H3,(H,16,17). The van der Waals surface area contributed by atoms with E-state index in [0.717, 1.165) is 10.0 Å². The molecule has 0 aromatic heterocycles. The molecule has 1 aromatic carbocycles. The fraction of sp³-hybridized carbons (Fsp3) is 0.500. The van der Waals surface area contributed by atoms with Crippen molar-refractivity contribution in [1.29, 1.82) is 0 Å². The summed E-state index contributed by atoms with van der Waals surface area (Å²) < 4.78 is 0.913. The highest BCUT2D eigenvalue weighted by Gasteiger charge is 2.23. The second kappa shape index (κ2) is 6.34. The van der Waals surface area contributed by atoms with E-state index in [1.165, 1.54) is 0 Å². The van der Waals surface area contributed by atoms with Crippen LogP contribution in [0.2, 0.25) is 0 Å². The van der Waals surface area contributed by atoms with Gasteiger partial charge in [0.05, 0.1) is 5.60 Å². The number of hydrogen-bond acceptors (Lipinski definition) is 2. The fourth-order valence-corrected chi connectivity index (χ4v) is 2.06. The maximum absolute atomic E-state index is 12.1. The molecule has 0 aliphatic heterocycles. The van der Waals surface area contributed by atoms with Crippen molar-refractivity contribution in [2.24, 2.45) is 0 Å². The van der Waals surface area contributed by atoms with Crippen molar-refractivity contribution in [1.82, 2.24) is 5.32 Å². The SMILES string of the molecule is CCC(O)(CC)CNC(=O)c1cccc(Br)c1C. The Morgan fingerprint density at radius 3 is 2.56 bits per heavy atom. The van der Waals surface area contributed by atoms with Gasteiger partial charge in [-0.1, -0.05) is 35.8 Å². The molecule has 0 aliphatic rings. The first-order valence-corrected chi connectivity index (χ1v) is 6.98. The molecule has 1 amide bonds. The summed E-state index contributed by atoms with van der Waals surface area (Å²) >= 11 is 3.40. The predicted octanol–water partition coefficient (Wildman–Crippen LogP) is 3.04. The van der Waals surface area contributed by atoms with Gasteiger partial charge in [0.2, 0.25) is 0 Å². The third-order valence-corrected chi connectivity index (χ3v) is 4.27. The molecule has 3 nitrogen and oxygen atoms in total. The quantitative estimate of drug-likeness (QED) is 0.877. The Morgan fingerprint density at radius 1 is 1.39 bits per heavy atom. The first kappa shape index (κ1) is 15.2. The van der Waals surface area contributed by atoms with Crippen LogP contribution >= 0.6 is 15.9 Å². The lowest BCUT2D eigenvalue weighted by molar-refractivity contribution is 0.0314. The van der Waals surface area contributed by atoms with Crippen molar-refractivity contribution in [2.45, 2.75) is 39.2 Å². The molecule has 0 fully saturated rings. The summed E-state index contributed by atoms with van der Waals surface area (Å²) in [6.45, 7) is 6.01. The van der Waals surface area contributed by atoms with Gasteiger partial charge >= 0.3 is 0 Å². The van der Waals surface area contributed by atoms with Crippen molar-refractivity contribution < 1.29 is 9.90 Å². The molecular formula is C14H20BrNO2. The van der Waals surface area contributed by atoms with E-state index >= 15 is 0 Å². The predicted molar refractivity (Wildman–Crippen MR) is 76.7 cm³/mol. The lowest BCUT2D eigenvalue weighted by Gasteiger charge is -2.25. The van der Waals surface area contributed by atoms with E-state index in [0.29, 0.717) is 18.4 Å². The van der Waals surface area contributed by atoms with Crippen molar-refractivity contribution in [3.8, 4) is 0 Å². The van der Waals surface area contributed by atoms with Crippen LogP contribution in [-0.4, -0.2) is 23.2 Å². The van der Waals surface area contributed by atoms with Crippen molar-refractivity contribution in [3.05, 3.63) is 33.8 Å². The van der Waals surface area contributed by atoms with Crippen LogP contribution < -0.4 is 5.32 Å². The molecule has 0 bridgehead atoms. The fourth-order valence-electron chi connectivity index (χ4n) is 1.69. The van der Waals surface area contributed by atoms with Crippen molar-refractivity contribution in [3.63, 3.8) is 0 Å². The zero-order valence-electron chi connectivity index (χ0n) is 11.1. The normalized spacial score (nSPS) is 11.4. The average Bonchev–Trinajstić information content (AvgIpc) is 2.39. The van der Waals surface area contributed by atoms with Gasteiger partial charge in [-0.3, -0.25) is 4.79 Å². The van der Waals surface area contributed by atoms with Gasteiger partial charge < -0.3 is 10.4 Å². The zero-order chi connectivity index (χ0) is 13.8. The summed E-state index contributed by atoms with van der Waals surface area (Å²) in [7, 11) is 0. The minimum atomic E-state index is -0.810. The van der Waals surface area contributed by atoms with Crippen LogP contribution in [0.1, 0.15) is 42.6 Å². The van der Waals surface area contributed by atoms with Gasteiger partial charge in [0.25, 0.3) is 5.91 Å². The number of halogens is 1. The van der Waals surface area contributed by atoms with Gasteiger partial charge in [0.1, 0.15) is 0 Å². The van der Waals surface area contributed by atoms with Gasteiger partial charge in [-0.15, -0.1) is 0 Å². The van der Waals surface area contributed by atoms with Crippen LogP contribution in [0.5, 0.6) is 0 Å². The molecule has 18 heavy (non-hydrogen) atoms. The van der Waals surface area contributed by atoms with Crippen molar-refractivity contribution in [2.75, 3.05) is 6.54 Å². The molecule has 1 aromatic rings. The topological polar surface area (TPSA) is 49.3 Å². The number of nitrogens with one attached hydrogen (secondary N) is 1. The molecular weight excluding hydrogens is 294 g/mol. The minimum absolute atomic E-state index is 0.144. The lowest BCUT2D eigenvalue weighted by Crippen LogP contribution is -2.42. The van der Waals surface area contributed by atoms with Gasteiger partial charge in [-0.05, 0) is 37.5 Å². The summed E-state index contributed by atoms with van der Waals surface area (Å²) in [6.07, 6.45) is 1.25. The minimum Gasteiger partial charge on any atom is -0.388 e. The molecule has 0 spiro atoms. The summed E-state index contributed by atoms with van der Waals surface area (Å²) in [4.78, 5) is 12.1. The summed E-state index contributed by atoms with van der Waals surface area (Å²) in [5, 5.41) is 12.9. The molecule has 1 rings (SSSR count). The number of benzene rings is 1. The first-order valence-electron chi connectivity index (χ1n) is 6.19. The van der Waals surface area contributed by atoms with E-state index in [4.69, 9.17) is 0 Å². The Morgan fingerprint density at radius 2 is 2.00 bits per heavy atom. The number of rotatable bonds is 5. The molecule has 0 saturated heterocycles. The number of carbonyl (C=O) groups is 1. The molecule has 100 valence electrons.